The Balaban J connectivity index is 1.76. The molecule has 2 saturated heterocycles. The van der Waals surface area contributed by atoms with Crippen molar-refractivity contribution in [2.24, 2.45) is 5.92 Å². The third kappa shape index (κ3) is 2.24. The fourth-order valence-electron chi connectivity index (χ4n) is 2.58. The van der Waals surface area contributed by atoms with Gasteiger partial charge in [-0.2, -0.15) is 0 Å². The maximum Gasteiger partial charge on any atom is 0.414 e. The van der Waals surface area contributed by atoms with Gasteiger partial charge >= 0.3 is 6.09 Å². The molecule has 1 aromatic carbocycles. The van der Waals surface area contributed by atoms with Crippen LogP contribution in [0.3, 0.4) is 0 Å². The summed E-state index contributed by atoms with van der Waals surface area (Å²) in [5.41, 5.74) is 0.892. The molecule has 18 heavy (non-hydrogen) atoms. The molecule has 0 radical (unpaired) electrons. The molecule has 2 atom stereocenters. The van der Waals surface area contributed by atoms with Crippen LogP contribution in [0.1, 0.15) is 6.42 Å². The molecule has 1 amide bonds. The van der Waals surface area contributed by atoms with E-state index in [9.17, 15) is 4.79 Å². The highest BCUT2D eigenvalue weighted by Crippen LogP contribution is 2.28. The molecule has 3 rings (SSSR count). The van der Waals surface area contributed by atoms with E-state index in [-0.39, 0.29) is 12.2 Å². The summed E-state index contributed by atoms with van der Waals surface area (Å²) in [7, 11) is 0. The molecule has 0 aromatic heterocycles. The quantitative estimate of drug-likeness (QED) is 0.912. The Morgan fingerprint density at radius 2 is 2.33 bits per heavy atom. The van der Waals surface area contributed by atoms with Crippen molar-refractivity contribution >= 4 is 27.7 Å². The Morgan fingerprint density at radius 1 is 1.44 bits per heavy atom. The third-order valence-corrected chi connectivity index (χ3v) is 4.07. The van der Waals surface area contributed by atoms with Gasteiger partial charge in [-0.05, 0) is 31.2 Å². The van der Waals surface area contributed by atoms with Crippen LogP contribution in [0.25, 0.3) is 0 Å². The van der Waals surface area contributed by atoms with Crippen molar-refractivity contribution in [2.45, 2.75) is 12.5 Å². The van der Waals surface area contributed by atoms with Crippen molar-refractivity contribution in [3.05, 3.63) is 28.7 Å². The average Bonchev–Trinajstić information content (AvgIpc) is 2.97. The minimum atomic E-state index is -0.231. The van der Waals surface area contributed by atoms with Gasteiger partial charge in [0.2, 0.25) is 0 Å². The van der Waals surface area contributed by atoms with Gasteiger partial charge in [-0.3, -0.25) is 4.90 Å². The van der Waals surface area contributed by atoms with Crippen molar-refractivity contribution in [3.63, 3.8) is 0 Å². The summed E-state index contributed by atoms with van der Waals surface area (Å²) in [6, 6.07) is 7.75. The molecule has 5 heteroatoms. The van der Waals surface area contributed by atoms with Gasteiger partial charge in [0.15, 0.2) is 0 Å². The molecule has 0 aliphatic carbocycles. The molecule has 0 saturated carbocycles. The Kier molecular flexibility index (Phi) is 3.26. The topological polar surface area (TPSA) is 41.6 Å². The van der Waals surface area contributed by atoms with E-state index in [1.54, 1.807) is 4.90 Å². The van der Waals surface area contributed by atoms with Crippen LogP contribution in [-0.4, -0.2) is 31.8 Å². The number of ether oxygens (including phenoxy) is 1. The van der Waals surface area contributed by atoms with Crippen LogP contribution in [0.4, 0.5) is 10.5 Å². The molecule has 1 aromatic rings. The first kappa shape index (κ1) is 12.0. The number of hydrogen-bond acceptors (Lipinski definition) is 3. The van der Waals surface area contributed by atoms with E-state index >= 15 is 0 Å². The molecule has 1 N–H and O–H groups in total. The summed E-state index contributed by atoms with van der Waals surface area (Å²) < 4.78 is 6.45. The highest BCUT2D eigenvalue weighted by atomic mass is 79.9. The number of rotatable bonds is 2. The van der Waals surface area contributed by atoms with Crippen molar-refractivity contribution in [1.29, 1.82) is 0 Å². The Labute approximate surface area is 114 Å². The van der Waals surface area contributed by atoms with E-state index in [4.69, 9.17) is 4.74 Å². The number of nitrogens with zero attached hydrogens (tertiary/aromatic N) is 1. The van der Waals surface area contributed by atoms with Crippen molar-refractivity contribution in [2.75, 3.05) is 24.5 Å². The first-order valence-electron chi connectivity index (χ1n) is 6.18. The Morgan fingerprint density at radius 3 is 3.06 bits per heavy atom. The van der Waals surface area contributed by atoms with Gasteiger partial charge in [0, 0.05) is 22.6 Å². The molecular formula is C13H15BrN2O2. The maximum atomic E-state index is 11.9. The molecule has 2 aliphatic heterocycles. The molecule has 0 bridgehead atoms. The minimum Gasteiger partial charge on any atom is -0.444 e. The van der Waals surface area contributed by atoms with E-state index in [0.717, 1.165) is 29.7 Å². The first-order chi connectivity index (χ1) is 8.74. The van der Waals surface area contributed by atoms with Crippen LogP contribution in [0.2, 0.25) is 0 Å². The summed E-state index contributed by atoms with van der Waals surface area (Å²) in [4.78, 5) is 13.6. The number of carbonyl (C=O) groups excluding carboxylic acids is 1. The summed E-state index contributed by atoms with van der Waals surface area (Å²) >= 11 is 3.42. The van der Waals surface area contributed by atoms with Crippen LogP contribution < -0.4 is 10.2 Å². The summed E-state index contributed by atoms with van der Waals surface area (Å²) in [6.07, 6.45) is 0.876. The summed E-state index contributed by atoms with van der Waals surface area (Å²) in [6.45, 7) is 2.63. The van der Waals surface area contributed by atoms with Crippen LogP contribution in [0.15, 0.2) is 28.7 Å². The molecule has 2 unspecified atom stereocenters. The lowest BCUT2D eigenvalue weighted by atomic mass is 10.0. The van der Waals surface area contributed by atoms with Crippen LogP contribution in [0, 0.1) is 5.92 Å². The zero-order chi connectivity index (χ0) is 12.5. The van der Waals surface area contributed by atoms with Gasteiger partial charge < -0.3 is 10.1 Å². The summed E-state index contributed by atoms with van der Waals surface area (Å²) in [5, 5.41) is 3.31. The molecule has 2 heterocycles. The highest BCUT2D eigenvalue weighted by Gasteiger charge is 2.38. The van der Waals surface area contributed by atoms with Gasteiger partial charge in [0.25, 0.3) is 0 Å². The molecule has 2 fully saturated rings. The SMILES string of the molecule is O=C1OC(C2CCNC2)CN1c1cccc(Br)c1. The normalized spacial score (nSPS) is 27.6. The highest BCUT2D eigenvalue weighted by molar-refractivity contribution is 9.10. The third-order valence-electron chi connectivity index (χ3n) is 3.58. The van der Waals surface area contributed by atoms with Crippen LogP contribution in [0.5, 0.6) is 0 Å². The summed E-state index contributed by atoms with van der Waals surface area (Å²) in [5.74, 6) is 0.450. The van der Waals surface area contributed by atoms with Gasteiger partial charge in [-0.25, -0.2) is 4.79 Å². The second-order valence-electron chi connectivity index (χ2n) is 4.77. The first-order valence-corrected chi connectivity index (χ1v) is 6.98. The smallest absolute Gasteiger partial charge is 0.414 e. The van der Waals surface area contributed by atoms with Gasteiger partial charge in [0.1, 0.15) is 6.10 Å². The monoisotopic (exact) mass is 310 g/mol. The number of anilines is 1. The lowest BCUT2D eigenvalue weighted by Crippen LogP contribution is -2.28. The second kappa shape index (κ2) is 4.90. The van der Waals surface area contributed by atoms with Crippen molar-refractivity contribution in [1.82, 2.24) is 5.32 Å². The van der Waals surface area contributed by atoms with E-state index in [1.165, 1.54) is 0 Å². The Hall–Kier alpha value is -1.07. The molecule has 96 valence electrons. The number of cyclic esters (lactones) is 1. The van der Waals surface area contributed by atoms with Gasteiger partial charge in [-0.15, -0.1) is 0 Å². The zero-order valence-corrected chi connectivity index (χ0v) is 11.5. The predicted octanol–water partition coefficient (Wildman–Crippen LogP) is 2.38. The molecular weight excluding hydrogens is 296 g/mol. The van der Waals surface area contributed by atoms with E-state index in [0.29, 0.717) is 12.5 Å². The molecule has 4 nitrogen and oxygen atoms in total. The average molecular weight is 311 g/mol. The van der Waals surface area contributed by atoms with Crippen molar-refractivity contribution in [3.8, 4) is 0 Å². The number of nitrogens with one attached hydrogen (secondary N) is 1. The van der Waals surface area contributed by atoms with Crippen LogP contribution in [-0.2, 0) is 4.74 Å². The second-order valence-corrected chi connectivity index (χ2v) is 5.68. The van der Waals surface area contributed by atoms with Crippen LogP contribution >= 0.6 is 15.9 Å². The standard InChI is InChI=1S/C13H15BrN2O2/c14-10-2-1-3-11(6-10)16-8-12(18-13(16)17)9-4-5-15-7-9/h1-3,6,9,12,15H,4-5,7-8H2. The Bertz CT molecular complexity index is 460. The number of hydrogen-bond donors (Lipinski definition) is 1. The number of benzene rings is 1. The predicted molar refractivity (Wildman–Crippen MR) is 72.7 cm³/mol. The lowest BCUT2D eigenvalue weighted by molar-refractivity contribution is 0.111. The van der Waals surface area contributed by atoms with Gasteiger partial charge in [-0.1, -0.05) is 22.0 Å². The number of carbonyl (C=O) groups is 1. The number of amides is 1. The molecule has 0 spiro atoms. The molecule has 2 aliphatic rings. The zero-order valence-electron chi connectivity index (χ0n) is 9.93. The maximum absolute atomic E-state index is 11.9. The fourth-order valence-corrected chi connectivity index (χ4v) is 2.97. The van der Waals surface area contributed by atoms with E-state index in [1.807, 2.05) is 24.3 Å². The van der Waals surface area contributed by atoms with E-state index < -0.39 is 0 Å². The van der Waals surface area contributed by atoms with Crippen molar-refractivity contribution < 1.29 is 9.53 Å². The fraction of sp³-hybridized carbons (Fsp3) is 0.462. The lowest BCUT2D eigenvalue weighted by Gasteiger charge is -2.15. The van der Waals surface area contributed by atoms with E-state index in [2.05, 4.69) is 21.2 Å². The minimum absolute atomic E-state index is 0.0199. The largest absolute Gasteiger partial charge is 0.444 e. The van der Waals surface area contributed by atoms with Gasteiger partial charge in [0.05, 0.1) is 6.54 Å². The number of halogens is 1.